The number of nitrogens with one attached hydrogen (secondary N) is 3. The second-order valence-corrected chi connectivity index (χ2v) is 15.1. The van der Waals surface area contributed by atoms with Gasteiger partial charge in [0.25, 0.3) is 11.8 Å². The largest absolute Gasteiger partial charge is 0.435 e. The van der Waals surface area contributed by atoms with Crippen LogP contribution in [0.1, 0.15) is 108 Å². The Hall–Kier alpha value is -3.86. The summed E-state index contributed by atoms with van der Waals surface area (Å²) in [5, 5.41) is 2.89. The number of amides is 2. The average molecular weight is 651 g/mol. The van der Waals surface area contributed by atoms with E-state index in [0.29, 0.717) is 48.8 Å². The molecule has 11 heteroatoms. The van der Waals surface area contributed by atoms with E-state index in [-0.39, 0.29) is 46.7 Å². The fraction of sp³-hybridized carbons (Fsp3) is 0.556. The van der Waals surface area contributed by atoms with Crippen molar-refractivity contribution in [3.8, 4) is 5.75 Å². The zero-order chi connectivity index (χ0) is 34.0. The van der Waals surface area contributed by atoms with Gasteiger partial charge in [-0.1, -0.05) is 65.8 Å². The minimum absolute atomic E-state index is 0.00832. The molecule has 0 radical (unpaired) electrons. The van der Waals surface area contributed by atoms with Crippen LogP contribution in [-0.4, -0.2) is 53.7 Å². The molecule has 3 N–H and O–H groups in total. The predicted molar refractivity (Wildman–Crippen MR) is 179 cm³/mol. The lowest BCUT2D eigenvalue weighted by atomic mass is 9.69. The highest BCUT2D eigenvalue weighted by Gasteiger charge is 2.52. The van der Waals surface area contributed by atoms with Crippen LogP contribution in [0.2, 0.25) is 0 Å². The van der Waals surface area contributed by atoms with Crippen LogP contribution in [0, 0.1) is 16.7 Å². The SMILES string of the molecule is CC(C)(C)CC[C@H](c1ccc(C(=O)NCC2=NCNN2)cc1)N1C(=O)C(c2cccc(OC(F)F)c2)=NC12CCC(C(C)(C)C)CC2. The van der Waals surface area contributed by atoms with Crippen LogP contribution in [0.15, 0.2) is 58.5 Å². The number of carbonyl (C=O) groups is 2. The van der Waals surface area contributed by atoms with Gasteiger partial charge < -0.3 is 20.4 Å². The highest BCUT2D eigenvalue weighted by molar-refractivity contribution is 6.46. The molecule has 2 aromatic rings. The number of benzene rings is 2. The number of hydrogen-bond donors (Lipinski definition) is 3. The first-order chi connectivity index (χ1) is 22.1. The number of alkyl halides is 2. The van der Waals surface area contributed by atoms with Crippen LogP contribution < -0.4 is 20.9 Å². The van der Waals surface area contributed by atoms with E-state index < -0.39 is 12.3 Å². The van der Waals surface area contributed by atoms with E-state index in [2.05, 4.69) is 67.4 Å². The molecule has 47 heavy (non-hydrogen) atoms. The summed E-state index contributed by atoms with van der Waals surface area (Å²) < 4.78 is 30.9. The number of carbonyl (C=O) groups excluding carboxylic acids is 2. The van der Waals surface area contributed by atoms with Crippen LogP contribution in [0.5, 0.6) is 5.75 Å². The summed E-state index contributed by atoms with van der Waals surface area (Å²) in [6.45, 7) is 11.1. The van der Waals surface area contributed by atoms with E-state index in [9.17, 15) is 18.4 Å². The summed E-state index contributed by atoms with van der Waals surface area (Å²) in [5.41, 5.74) is 7.33. The van der Waals surface area contributed by atoms with Gasteiger partial charge in [0.2, 0.25) is 0 Å². The normalized spacial score (nSPS) is 22.3. The highest BCUT2D eigenvalue weighted by Crippen LogP contribution is 2.50. The van der Waals surface area contributed by atoms with Crippen LogP contribution >= 0.6 is 0 Å². The average Bonchev–Trinajstić information content (AvgIpc) is 3.62. The van der Waals surface area contributed by atoms with Gasteiger partial charge in [-0.25, -0.2) is 5.43 Å². The molecule has 2 aromatic carbocycles. The molecule has 1 saturated carbocycles. The Balaban J connectivity index is 1.50. The molecular formula is C36H48F2N6O3. The van der Waals surface area contributed by atoms with Gasteiger partial charge in [-0.2, -0.15) is 8.78 Å². The molecule has 9 nitrogen and oxygen atoms in total. The molecule has 3 aliphatic rings. The van der Waals surface area contributed by atoms with Gasteiger partial charge in [0, 0.05) is 11.1 Å². The van der Waals surface area contributed by atoms with Crippen molar-refractivity contribution in [3.63, 3.8) is 0 Å². The minimum Gasteiger partial charge on any atom is -0.435 e. The topological polar surface area (TPSA) is 107 Å². The smallest absolute Gasteiger partial charge is 0.387 e. The first-order valence-electron chi connectivity index (χ1n) is 16.5. The molecule has 1 fully saturated rings. The standard InChI is InChI=1S/C36H48F2N6O3/c1-34(2,3)17-16-28(23-10-12-24(13-11-23)31(45)39-21-29-40-22-41-43-29)44-32(46)30(25-8-7-9-27(20-25)47-33(37)38)42-36(44)18-14-26(15-19-36)35(4,5)6/h7-13,20,26,28,33,41H,14-19,21-22H2,1-6H3,(H,39,45)(H,40,43)/t26?,28-,36?/m1/s1. The lowest BCUT2D eigenvalue weighted by Gasteiger charge is -2.47. The van der Waals surface area contributed by atoms with Crippen LogP contribution in [0.4, 0.5) is 8.78 Å². The van der Waals surface area contributed by atoms with Gasteiger partial charge in [-0.15, -0.1) is 0 Å². The Kier molecular flexibility index (Phi) is 10.1. The van der Waals surface area contributed by atoms with Crippen molar-refractivity contribution in [1.29, 1.82) is 0 Å². The lowest BCUT2D eigenvalue weighted by molar-refractivity contribution is -0.134. The van der Waals surface area contributed by atoms with Crippen molar-refractivity contribution in [2.24, 2.45) is 26.7 Å². The van der Waals surface area contributed by atoms with Crippen molar-refractivity contribution in [2.45, 2.75) is 98.4 Å². The maximum absolute atomic E-state index is 14.6. The second kappa shape index (κ2) is 13.7. The Bertz CT molecular complexity index is 1500. The van der Waals surface area contributed by atoms with Gasteiger partial charge in [0.05, 0.1) is 12.6 Å². The molecule has 5 rings (SSSR count). The number of halogens is 2. The summed E-state index contributed by atoms with van der Waals surface area (Å²) in [5.74, 6) is 0.706. The third kappa shape index (κ3) is 8.17. The Morgan fingerprint density at radius 3 is 2.38 bits per heavy atom. The van der Waals surface area contributed by atoms with E-state index in [1.54, 1.807) is 24.3 Å². The Labute approximate surface area is 276 Å². The van der Waals surface area contributed by atoms with Crippen LogP contribution in [-0.2, 0) is 4.79 Å². The second-order valence-electron chi connectivity index (χ2n) is 15.1. The first kappa shape index (κ1) is 34.5. The van der Waals surface area contributed by atoms with E-state index in [1.807, 2.05) is 17.0 Å². The number of hydrogen-bond acceptors (Lipinski definition) is 7. The zero-order valence-corrected chi connectivity index (χ0v) is 28.3. The number of aliphatic imine (C=N–C) groups is 2. The van der Waals surface area contributed by atoms with Crippen molar-refractivity contribution >= 4 is 23.4 Å². The molecule has 1 aliphatic carbocycles. The van der Waals surface area contributed by atoms with Crippen LogP contribution in [0.25, 0.3) is 0 Å². The molecule has 1 spiro atoms. The van der Waals surface area contributed by atoms with Crippen molar-refractivity contribution < 1.29 is 23.1 Å². The van der Waals surface area contributed by atoms with Crippen molar-refractivity contribution in [2.75, 3.05) is 13.2 Å². The van der Waals surface area contributed by atoms with Gasteiger partial charge in [-0.05, 0) is 85.1 Å². The fourth-order valence-corrected chi connectivity index (χ4v) is 6.90. The summed E-state index contributed by atoms with van der Waals surface area (Å²) in [7, 11) is 0. The Morgan fingerprint density at radius 2 is 1.79 bits per heavy atom. The third-order valence-corrected chi connectivity index (χ3v) is 9.57. The molecule has 254 valence electrons. The lowest BCUT2D eigenvalue weighted by Crippen LogP contribution is -2.51. The molecule has 1 atom stereocenters. The summed E-state index contributed by atoms with van der Waals surface area (Å²) >= 11 is 0. The maximum atomic E-state index is 14.6. The monoisotopic (exact) mass is 650 g/mol. The zero-order valence-electron chi connectivity index (χ0n) is 28.3. The molecule has 2 amide bonds. The fourth-order valence-electron chi connectivity index (χ4n) is 6.90. The third-order valence-electron chi connectivity index (χ3n) is 9.57. The summed E-state index contributed by atoms with van der Waals surface area (Å²) in [6.07, 6.45) is 4.79. The molecule has 0 bridgehead atoms. The maximum Gasteiger partial charge on any atom is 0.387 e. The molecule has 0 saturated heterocycles. The molecule has 0 aromatic heterocycles. The first-order valence-corrected chi connectivity index (χ1v) is 16.5. The Morgan fingerprint density at radius 1 is 1.09 bits per heavy atom. The van der Waals surface area contributed by atoms with Crippen LogP contribution in [0.3, 0.4) is 0 Å². The van der Waals surface area contributed by atoms with Gasteiger partial charge in [0.15, 0.2) is 0 Å². The summed E-state index contributed by atoms with van der Waals surface area (Å²) in [6, 6.07) is 13.4. The van der Waals surface area contributed by atoms with E-state index in [0.717, 1.165) is 24.8 Å². The predicted octanol–water partition coefficient (Wildman–Crippen LogP) is 6.61. The van der Waals surface area contributed by atoms with Gasteiger partial charge in [-0.3, -0.25) is 19.6 Å². The molecule has 2 aliphatic heterocycles. The number of hydrazine groups is 1. The molecule has 0 unspecified atom stereocenters. The van der Waals surface area contributed by atoms with Crippen molar-refractivity contribution in [1.82, 2.24) is 21.1 Å². The molecule has 2 heterocycles. The molecular weight excluding hydrogens is 602 g/mol. The minimum atomic E-state index is -2.97. The quantitative estimate of drug-likeness (QED) is 0.268. The number of ether oxygens (including phenoxy) is 1. The van der Waals surface area contributed by atoms with Gasteiger partial charge >= 0.3 is 6.61 Å². The highest BCUT2D eigenvalue weighted by atomic mass is 19.3. The number of nitrogens with zero attached hydrogens (tertiary/aromatic N) is 3. The number of rotatable bonds is 10. The number of amidine groups is 1. The summed E-state index contributed by atoms with van der Waals surface area (Å²) in [4.78, 5) is 39.0. The van der Waals surface area contributed by atoms with Crippen molar-refractivity contribution in [3.05, 3.63) is 65.2 Å². The van der Waals surface area contributed by atoms with Gasteiger partial charge in [0.1, 0.15) is 29.6 Å². The van der Waals surface area contributed by atoms with E-state index in [4.69, 9.17) is 4.99 Å². The van der Waals surface area contributed by atoms with E-state index >= 15 is 0 Å². The van der Waals surface area contributed by atoms with E-state index in [1.165, 1.54) is 12.1 Å².